The van der Waals surface area contributed by atoms with Crippen molar-refractivity contribution >= 4 is 48.0 Å². The Hall–Kier alpha value is -1.71. The molecule has 1 fully saturated rings. The molecule has 160 valence electrons. The van der Waals surface area contributed by atoms with Gasteiger partial charge in [-0.25, -0.2) is 4.39 Å². The lowest BCUT2D eigenvalue weighted by molar-refractivity contribution is -0.134. The molecule has 3 rings (SSSR count). The van der Waals surface area contributed by atoms with E-state index in [4.69, 9.17) is 5.73 Å². The molecule has 1 aromatic carbocycles. The van der Waals surface area contributed by atoms with Crippen molar-refractivity contribution < 1.29 is 14.0 Å². The lowest BCUT2D eigenvalue weighted by Gasteiger charge is -2.34. The number of amides is 2. The fourth-order valence-corrected chi connectivity index (χ4v) is 4.08. The average Bonchev–Trinajstić information content (AvgIpc) is 3.15. The van der Waals surface area contributed by atoms with Crippen molar-refractivity contribution in [1.29, 1.82) is 0 Å². The second-order valence-electron chi connectivity index (χ2n) is 6.38. The number of hydrogen-bond donors (Lipinski definition) is 2. The summed E-state index contributed by atoms with van der Waals surface area (Å²) < 4.78 is 13.9. The maximum atomic E-state index is 13.9. The molecule has 10 heteroatoms. The van der Waals surface area contributed by atoms with Gasteiger partial charge in [0.15, 0.2) is 0 Å². The number of halogens is 3. The molecule has 0 bridgehead atoms. The molecular formula is C19H25Cl2FN4O2S. The zero-order valence-electron chi connectivity index (χ0n) is 15.8. The van der Waals surface area contributed by atoms with Gasteiger partial charge in [0.05, 0.1) is 13.1 Å². The largest absolute Gasteiger partial charge is 0.346 e. The van der Waals surface area contributed by atoms with E-state index in [-0.39, 0.29) is 55.5 Å². The predicted octanol–water partition coefficient (Wildman–Crippen LogP) is 2.12. The first-order valence-corrected chi connectivity index (χ1v) is 9.69. The number of nitrogens with zero attached hydrogens (tertiary/aromatic N) is 2. The molecule has 2 amide bonds. The maximum Gasteiger partial charge on any atom is 0.242 e. The summed E-state index contributed by atoms with van der Waals surface area (Å²) in [5, 5.41) is 2.51. The maximum absolute atomic E-state index is 13.9. The minimum atomic E-state index is -0.328. The van der Waals surface area contributed by atoms with Crippen molar-refractivity contribution in [1.82, 2.24) is 15.1 Å². The lowest BCUT2D eigenvalue weighted by Crippen LogP contribution is -2.51. The Morgan fingerprint density at radius 2 is 1.76 bits per heavy atom. The van der Waals surface area contributed by atoms with Crippen molar-refractivity contribution in [2.45, 2.75) is 6.54 Å². The highest BCUT2D eigenvalue weighted by molar-refractivity contribution is 7.15. The van der Waals surface area contributed by atoms with Gasteiger partial charge in [0.1, 0.15) is 5.82 Å². The number of rotatable bonds is 6. The lowest BCUT2D eigenvalue weighted by atomic mass is 10.2. The van der Waals surface area contributed by atoms with Crippen LogP contribution in [0.25, 0.3) is 10.4 Å². The molecule has 2 heterocycles. The third-order valence-corrected chi connectivity index (χ3v) is 5.63. The van der Waals surface area contributed by atoms with Crippen LogP contribution in [0.15, 0.2) is 36.4 Å². The Bertz CT molecular complexity index is 813. The van der Waals surface area contributed by atoms with Crippen molar-refractivity contribution in [3.63, 3.8) is 0 Å². The Morgan fingerprint density at radius 3 is 2.41 bits per heavy atom. The smallest absolute Gasteiger partial charge is 0.242 e. The summed E-state index contributed by atoms with van der Waals surface area (Å²) in [6.07, 6.45) is 0. The van der Waals surface area contributed by atoms with Crippen LogP contribution < -0.4 is 11.1 Å². The average molecular weight is 463 g/mol. The molecule has 0 saturated carbocycles. The normalized spacial score (nSPS) is 13.9. The summed E-state index contributed by atoms with van der Waals surface area (Å²) in [6, 6.07) is 10.8. The topological polar surface area (TPSA) is 78.7 Å². The summed E-state index contributed by atoms with van der Waals surface area (Å²) in [5.41, 5.74) is 5.84. The van der Waals surface area contributed by atoms with Gasteiger partial charge in [0.2, 0.25) is 11.8 Å². The Balaban J connectivity index is 0.00000210. The SMILES string of the molecule is Cl.Cl.NCC(=O)NCC(=O)N1CCN(Cc2ccc(-c3ccccc3F)s2)CC1. The quantitative estimate of drug-likeness (QED) is 0.688. The van der Waals surface area contributed by atoms with Crippen molar-refractivity contribution in [3.8, 4) is 10.4 Å². The molecule has 29 heavy (non-hydrogen) atoms. The molecule has 6 nitrogen and oxygen atoms in total. The molecule has 0 radical (unpaired) electrons. The first-order chi connectivity index (χ1) is 13.1. The first-order valence-electron chi connectivity index (χ1n) is 8.87. The van der Waals surface area contributed by atoms with Crippen LogP contribution in [0.4, 0.5) is 4.39 Å². The zero-order chi connectivity index (χ0) is 19.2. The Labute approximate surface area is 186 Å². The van der Waals surface area contributed by atoms with E-state index >= 15 is 0 Å². The third kappa shape index (κ3) is 6.94. The van der Waals surface area contributed by atoms with Crippen LogP contribution in [-0.2, 0) is 16.1 Å². The van der Waals surface area contributed by atoms with Gasteiger partial charge < -0.3 is 16.0 Å². The zero-order valence-corrected chi connectivity index (χ0v) is 18.3. The highest BCUT2D eigenvalue weighted by atomic mass is 35.5. The van der Waals surface area contributed by atoms with E-state index < -0.39 is 0 Å². The van der Waals surface area contributed by atoms with Crippen LogP contribution in [0.5, 0.6) is 0 Å². The van der Waals surface area contributed by atoms with Crippen LogP contribution in [0.2, 0.25) is 0 Å². The molecule has 0 atom stereocenters. The Kier molecular flexibility index (Phi) is 10.6. The second kappa shape index (κ2) is 12.1. The first kappa shape index (κ1) is 25.3. The number of benzene rings is 1. The van der Waals surface area contributed by atoms with E-state index in [1.807, 2.05) is 18.2 Å². The summed E-state index contributed by atoms with van der Waals surface area (Å²) >= 11 is 1.59. The van der Waals surface area contributed by atoms with Crippen molar-refractivity contribution in [2.24, 2.45) is 5.73 Å². The number of piperazine rings is 1. The monoisotopic (exact) mass is 462 g/mol. The van der Waals surface area contributed by atoms with Crippen LogP contribution in [0.1, 0.15) is 4.88 Å². The summed E-state index contributed by atoms with van der Waals surface area (Å²) in [7, 11) is 0. The Morgan fingerprint density at radius 1 is 1.07 bits per heavy atom. The molecule has 2 aromatic rings. The molecule has 1 aliphatic heterocycles. The summed E-state index contributed by atoms with van der Waals surface area (Å²) in [6.45, 7) is 3.45. The fourth-order valence-electron chi connectivity index (χ4n) is 3.00. The van der Waals surface area contributed by atoms with Gasteiger partial charge in [0, 0.05) is 48.0 Å². The standard InChI is InChI=1S/C19H23FN4O2S.2ClH/c20-16-4-2-1-3-15(16)17-6-5-14(27-17)13-23-7-9-24(10-8-23)19(26)12-22-18(25)11-21;;/h1-6H,7-13,21H2,(H,22,25);2*1H. The summed E-state index contributed by atoms with van der Waals surface area (Å²) in [4.78, 5) is 29.4. The molecular weight excluding hydrogens is 438 g/mol. The van der Waals surface area contributed by atoms with Gasteiger partial charge >= 0.3 is 0 Å². The number of nitrogens with two attached hydrogens (primary N) is 1. The number of carbonyl (C=O) groups is 2. The number of nitrogens with one attached hydrogen (secondary N) is 1. The molecule has 1 aliphatic rings. The molecule has 0 spiro atoms. The van der Waals surface area contributed by atoms with E-state index in [1.54, 1.807) is 28.4 Å². The van der Waals surface area contributed by atoms with Crippen molar-refractivity contribution in [3.05, 3.63) is 47.1 Å². The highest BCUT2D eigenvalue weighted by Crippen LogP contribution is 2.30. The van der Waals surface area contributed by atoms with E-state index in [0.717, 1.165) is 24.5 Å². The third-order valence-electron chi connectivity index (χ3n) is 4.53. The van der Waals surface area contributed by atoms with Crippen LogP contribution >= 0.6 is 36.2 Å². The highest BCUT2D eigenvalue weighted by Gasteiger charge is 2.21. The van der Waals surface area contributed by atoms with E-state index in [9.17, 15) is 14.0 Å². The molecule has 1 aromatic heterocycles. The molecule has 0 aliphatic carbocycles. The number of hydrogen-bond acceptors (Lipinski definition) is 5. The van der Waals surface area contributed by atoms with Gasteiger partial charge in [-0.3, -0.25) is 14.5 Å². The van der Waals surface area contributed by atoms with E-state index in [0.29, 0.717) is 18.7 Å². The van der Waals surface area contributed by atoms with E-state index in [1.165, 1.54) is 10.9 Å². The summed E-state index contributed by atoms with van der Waals surface area (Å²) in [5.74, 6) is -0.625. The van der Waals surface area contributed by atoms with Crippen LogP contribution in [-0.4, -0.2) is 60.9 Å². The predicted molar refractivity (Wildman–Crippen MR) is 118 cm³/mol. The molecule has 0 unspecified atom stereocenters. The minimum absolute atomic E-state index is 0. The fraction of sp³-hybridized carbons (Fsp3) is 0.368. The van der Waals surface area contributed by atoms with Gasteiger partial charge in [0.25, 0.3) is 0 Å². The van der Waals surface area contributed by atoms with Gasteiger partial charge in [-0.1, -0.05) is 18.2 Å². The van der Waals surface area contributed by atoms with Crippen molar-refractivity contribution in [2.75, 3.05) is 39.3 Å². The van der Waals surface area contributed by atoms with Gasteiger partial charge in [-0.15, -0.1) is 36.2 Å². The molecule has 1 saturated heterocycles. The van der Waals surface area contributed by atoms with Gasteiger partial charge in [-0.2, -0.15) is 0 Å². The van der Waals surface area contributed by atoms with Gasteiger partial charge in [-0.05, 0) is 18.2 Å². The number of thiophene rings is 1. The minimum Gasteiger partial charge on any atom is -0.346 e. The van der Waals surface area contributed by atoms with Crippen LogP contribution in [0.3, 0.4) is 0 Å². The van der Waals surface area contributed by atoms with E-state index in [2.05, 4.69) is 10.2 Å². The number of carbonyl (C=O) groups excluding carboxylic acids is 2. The molecule has 3 N–H and O–H groups in total. The van der Waals surface area contributed by atoms with Crippen LogP contribution in [0, 0.1) is 5.82 Å². The second-order valence-corrected chi connectivity index (χ2v) is 7.55.